The highest BCUT2D eigenvalue weighted by molar-refractivity contribution is 5.98. The molecule has 17 heavy (non-hydrogen) atoms. The second-order valence-electron chi connectivity index (χ2n) is 4.60. The van der Waals surface area contributed by atoms with E-state index < -0.39 is 11.8 Å². The van der Waals surface area contributed by atoms with Gasteiger partial charge in [-0.1, -0.05) is 35.5 Å². The van der Waals surface area contributed by atoms with Crippen LogP contribution in [0.25, 0.3) is 0 Å². The molecule has 1 aromatic rings. The molecule has 92 valence electrons. The summed E-state index contributed by atoms with van der Waals surface area (Å²) in [5.41, 5.74) is 0.945. The van der Waals surface area contributed by atoms with Crippen LogP contribution >= 0.6 is 0 Å². The number of oxime groups is 1. The maximum Gasteiger partial charge on any atom is 0.535 e. The van der Waals surface area contributed by atoms with Crippen molar-refractivity contribution < 1.29 is 14.4 Å². The minimum atomic E-state index is -0.798. The molecule has 0 heterocycles. The van der Waals surface area contributed by atoms with Gasteiger partial charge in [-0.25, -0.2) is 4.79 Å². The van der Waals surface area contributed by atoms with Crippen molar-refractivity contribution in [2.45, 2.75) is 33.3 Å². The Labute approximate surface area is 101 Å². The second kappa shape index (κ2) is 5.48. The zero-order chi connectivity index (χ0) is 12.9. The van der Waals surface area contributed by atoms with Crippen LogP contribution in [-0.2, 0) is 9.57 Å². The standard InChI is InChI=1S/C13H17NO3/c1-10(11-8-6-5-7-9-11)14-17-12(15)16-13(2,3)4/h5-9H,1-4H3/b14-10+. The molecule has 0 amide bonds. The third-order valence-electron chi connectivity index (χ3n) is 1.84. The monoisotopic (exact) mass is 235 g/mol. The topological polar surface area (TPSA) is 47.9 Å². The fraction of sp³-hybridized carbons (Fsp3) is 0.385. The summed E-state index contributed by atoms with van der Waals surface area (Å²) in [5, 5.41) is 3.72. The molecule has 0 fully saturated rings. The Bertz CT molecular complexity index is 404. The van der Waals surface area contributed by atoms with Gasteiger partial charge < -0.3 is 4.74 Å². The van der Waals surface area contributed by atoms with E-state index in [1.807, 2.05) is 30.3 Å². The van der Waals surface area contributed by atoms with E-state index in [4.69, 9.17) is 4.74 Å². The maximum atomic E-state index is 11.2. The van der Waals surface area contributed by atoms with Gasteiger partial charge >= 0.3 is 6.16 Å². The molecule has 0 unspecified atom stereocenters. The molecular weight excluding hydrogens is 218 g/mol. The lowest BCUT2D eigenvalue weighted by Crippen LogP contribution is -2.23. The number of carbonyl (C=O) groups is 1. The smallest absolute Gasteiger partial charge is 0.427 e. The predicted octanol–water partition coefficient (Wildman–Crippen LogP) is 3.36. The minimum absolute atomic E-state index is 0.576. The molecule has 0 atom stereocenters. The summed E-state index contributed by atoms with van der Waals surface area (Å²) in [4.78, 5) is 15.9. The SMILES string of the molecule is C/C(=N\OC(=O)OC(C)(C)C)c1ccccc1. The predicted molar refractivity (Wildman–Crippen MR) is 66.0 cm³/mol. The molecule has 0 N–H and O–H groups in total. The van der Waals surface area contributed by atoms with Crippen molar-refractivity contribution >= 4 is 11.9 Å². The summed E-state index contributed by atoms with van der Waals surface area (Å²) in [6.07, 6.45) is -0.798. The van der Waals surface area contributed by atoms with Gasteiger partial charge in [0.1, 0.15) is 5.60 Å². The third-order valence-corrected chi connectivity index (χ3v) is 1.84. The summed E-state index contributed by atoms with van der Waals surface area (Å²) in [6.45, 7) is 7.06. The van der Waals surface area contributed by atoms with Crippen LogP contribution in [0.5, 0.6) is 0 Å². The molecule has 0 aliphatic heterocycles. The normalized spacial score (nSPS) is 12.1. The Morgan fingerprint density at radius 2 is 1.76 bits per heavy atom. The molecule has 0 aliphatic rings. The number of benzene rings is 1. The lowest BCUT2D eigenvalue weighted by molar-refractivity contribution is -0.00620. The molecular formula is C13H17NO3. The average Bonchev–Trinajstić information content (AvgIpc) is 2.25. The van der Waals surface area contributed by atoms with E-state index in [0.29, 0.717) is 5.71 Å². The molecule has 0 bridgehead atoms. The van der Waals surface area contributed by atoms with Gasteiger partial charge in [0.05, 0.1) is 5.71 Å². The third kappa shape index (κ3) is 5.15. The van der Waals surface area contributed by atoms with Crippen molar-refractivity contribution in [2.24, 2.45) is 5.16 Å². The highest BCUT2D eigenvalue weighted by Gasteiger charge is 2.17. The van der Waals surface area contributed by atoms with E-state index in [9.17, 15) is 4.79 Å². The van der Waals surface area contributed by atoms with Crippen LogP contribution in [0.3, 0.4) is 0 Å². The van der Waals surface area contributed by atoms with Crippen LogP contribution in [0.1, 0.15) is 33.3 Å². The molecule has 4 nitrogen and oxygen atoms in total. The minimum Gasteiger partial charge on any atom is -0.427 e. The average molecular weight is 235 g/mol. The molecule has 0 saturated heterocycles. The summed E-state index contributed by atoms with van der Waals surface area (Å²) in [7, 11) is 0. The van der Waals surface area contributed by atoms with Gasteiger partial charge in [0.25, 0.3) is 0 Å². The Morgan fingerprint density at radius 1 is 1.18 bits per heavy atom. The van der Waals surface area contributed by atoms with Gasteiger partial charge in [-0.2, -0.15) is 0 Å². The van der Waals surface area contributed by atoms with Gasteiger partial charge in [-0.3, -0.25) is 4.84 Å². The fourth-order valence-corrected chi connectivity index (χ4v) is 1.11. The summed E-state index contributed by atoms with van der Waals surface area (Å²) < 4.78 is 4.96. The number of nitrogens with zero attached hydrogens (tertiary/aromatic N) is 1. The maximum absolute atomic E-state index is 11.2. The zero-order valence-corrected chi connectivity index (χ0v) is 10.6. The van der Waals surface area contributed by atoms with Crippen molar-refractivity contribution in [3.05, 3.63) is 35.9 Å². The Kier molecular flexibility index (Phi) is 4.26. The Morgan fingerprint density at radius 3 is 2.29 bits per heavy atom. The lowest BCUT2D eigenvalue weighted by atomic mass is 10.1. The first kappa shape index (κ1) is 13.2. The molecule has 1 rings (SSSR count). The Hall–Kier alpha value is -1.84. The van der Waals surface area contributed by atoms with E-state index in [1.165, 1.54) is 0 Å². The second-order valence-corrected chi connectivity index (χ2v) is 4.60. The fourth-order valence-electron chi connectivity index (χ4n) is 1.11. The van der Waals surface area contributed by atoms with Crippen molar-refractivity contribution in [2.75, 3.05) is 0 Å². The summed E-state index contributed by atoms with van der Waals surface area (Å²) >= 11 is 0. The van der Waals surface area contributed by atoms with E-state index in [2.05, 4.69) is 9.99 Å². The van der Waals surface area contributed by atoms with Crippen LogP contribution < -0.4 is 0 Å². The molecule has 0 saturated carbocycles. The van der Waals surface area contributed by atoms with Crippen LogP contribution in [-0.4, -0.2) is 17.5 Å². The number of ether oxygens (including phenoxy) is 1. The van der Waals surface area contributed by atoms with E-state index in [-0.39, 0.29) is 0 Å². The van der Waals surface area contributed by atoms with E-state index in [1.54, 1.807) is 27.7 Å². The van der Waals surface area contributed by atoms with Gasteiger partial charge in [-0.05, 0) is 33.3 Å². The largest absolute Gasteiger partial charge is 0.535 e. The quantitative estimate of drug-likeness (QED) is 0.342. The van der Waals surface area contributed by atoms with Crippen LogP contribution in [0.4, 0.5) is 4.79 Å². The molecule has 4 heteroatoms. The molecule has 0 spiro atoms. The number of hydrogen-bond acceptors (Lipinski definition) is 4. The first-order valence-corrected chi connectivity index (χ1v) is 5.38. The highest BCUT2D eigenvalue weighted by Crippen LogP contribution is 2.08. The summed E-state index contributed by atoms with van der Waals surface area (Å²) in [6, 6.07) is 9.46. The highest BCUT2D eigenvalue weighted by atomic mass is 16.8. The summed E-state index contributed by atoms with van der Waals surface area (Å²) in [5.74, 6) is 0. The molecule has 0 aliphatic carbocycles. The van der Waals surface area contributed by atoms with Crippen LogP contribution in [0.15, 0.2) is 35.5 Å². The first-order valence-electron chi connectivity index (χ1n) is 5.38. The van der Waals surface area contributed by atoms with Crippen molar-refractivity contribution in [3.8, 4) is 0 Å². The van der Waals surface area contributed by atoms with Crippen molar-refractivity contribution in [1.82, 2.24) is 0 Å². The van der Waals surface area contributed by atoms with Crippen LogP contribution in [0, 0.1) is 0 Å². The number of rotatable bonds is 2. The van der Waals surface area contributed by atoms with Gasteiger partial charge in [-0.15, -0.1) is 0 Å². The number of hydrogen-bond donors (Lipinski definition) is 0. The van der Waals surface area contributed by atoms with Gasteiger partial charge in [0.2, 0.25) is 0 Å². The molecule has 1 aromatic carbocycles. The van der Waals surface area contributed by atoms with Crippen molar-refractivity contribution in [3.63, 3.8) is 0 Å². The van der Waals surface area contributed by atoms with Crippen molar-refractivity contribution in [1.29, 1.82) is 0 Å². The van der Waals surface area contributed by atoms with E-state index >= 15 is 0 Å². The first-order chi connectivity index (χ1) is 7.88. The van der Waals surface area contributed by atoms with E-state index in [0.717, 1.165) is 5.56 Å². The zero-order valence-electron chi connectivity index (χ0n) is 10.6. The van der Waals surface area contributed by atoms with Gasteiger partial charge in [0, 0.05) is 0 Å². The molecule has 0 aromatic heterocycles. The van der Waals surface area contributed by atoms with Gasteiger partial charge in [0.15, 0.2) is 0 Å². The van der Waals surface area contributed by atoms with Crippen LogP contribution in [0.2, 0.25) is 0 Å². The molecule has 0 radical (unpaired) electrons. The lowest BCUT2D eigenvalue weighted by Gasteiger charge is -2.17. The Balaban J connectivity index is 2.57. The number of carbonyl (C=O) groups excluding carboxylic acids is 1.